The smallest absolute Gasteiger partial charge is 0.220 e. The Kier molecular flexibility index (Phi) is 64.3. The summed E-state index contributed by atoms with van der Waals surface area (Å²) < 4.78 is 34.5. The van der Waals surface area contributed by atoms with E-state index in [9.17, 15) is 61.0 Å². The SMILES string of the molecule is CC/C=C\C/C=C\C/C=C\C/C=C\C/C=C\C/C=C\C/C=C\C/C=C\C/C=C\CCCCCCCCCCCCCC(=O)NC(COC1OC(CO)C(OC2OC(CO)C(OC3OC(CO)C(O)C(O)C3O)C(O)C2O)C(O)C1O)C(O)/C=C/CCCCCCCCCCCCCCCCCCCCCCCCCCC. The van der Waals surface area contributed by atoms with Crippen LogP contribution in [-0.2, 0) is 33.2 Å². The van der Waals surface area contributed by atoms with Crippen LogP contribution in [0.25, 0.3) is 0 Å². The molecule has 0 aromatic heterocycles. The van der Waals surface area contributed by atoms with Crippen LogP contribution in [0.2, 0.25) is 0 Å². The molecule has 3 fully saturated rings. The van der Waals surface area contributed by atoms with Crippen LogP contribution in [-0.4, -0.2) is 193 Å². The van der Waals surface area contributed by atoms with E-state index in [0.29, 0.717) is 6.42 Å². The Labute approximate surface area is 671 Å². The summed E-state index contributed by atoms with van der Waals surface area (Å²) in [7, 11) is 0. The van der Waals surface area contributed by atoms with Crippen molar-refractivity contribution < 1.29 is 89.4 Å². The van der Waals surface area contributed by atoms with E-state index in [4.69, 9.17) is 28.4 Å². The molecule has 3 aliphatic heterocycles. The number of carbonyl (C=O) groups is 1. The molecule has 17 unspecified atom stereocenters. The Morgan fingerprint density at radius 2 is 0.622 bits per heavy atom. The molecule has 19 nitrogen and oxygen atoms in total. The molecule has 3 saturated heterocycles. The van der Waals surface area contributed by atoms with Gasteiger partial charge in [0, 0.05) is 6.42 Å². The third-order valence-corrected chi connectivity index (χ3v) is 21.3. The largest absolute Gasteiger partial charge is 0.394 e. The average molecular weight is 1570 g/mol. The molecule has 111 heavy (non-hydrogen) atoms. The van der Waals surface area contributed by atoms with Gasteiger partial charge in [0.25, 0.3) is 0 Å². The maximum absolute atomic E-state index is 13.5. The summed E-state index contributed by atoms with van der Waals surface area (Å²) in [5.41, 5.74) is 0. The quantitative estimate of drug-likeness (QED) is 0.0199. The molecule has 19 heteroatoms. The van der Waals surface area contributed by atoms with Crippen molar-refractivity contribution in [3.8, 4) is 0 Å². The van der Waals surface area contributed by atoms with Crippen LogP contribution in [0, 0.1) is 0 Å². The highest BCUT2D eigenvalue weighted by molar-refractivity contribution is 5.76. The van der Waals surface area contributed by atoms with Gasteiger partial charge in [-0.05, 0) is 89.9 Å². The van der Waals surface area contributed by atoms with Gasteiger partial charge in [-0.15, -0.1) is 0 Å². The molecule has 0 radical (unpaired) electrons. The van der Waals surface area contributed by atoms with Gasteiger partial charge >= 0.3 is 0 Å². The average Bonchev–Trinajstić information content (AvgIpc) is 0.780. The van der Waals surface area contributed by atoms with Crippen molar-refractivity contribution in [3.63, 3.8) is 0 Å². The molecule has 0 aliphatic carbocycles. The van der Waals surface area contributed by atoms with Gasteiger partial charge in [-0.3, -0.25) is 4.79 Å². The molecule has 3 rings (SSSR count). The van der Waals surface area contributed by atoms with Crippen molar-refractivity contribution in [2.75, 3.05) is 26.4 Å². The number of ether oxygens (including phenoxy) is 6. The number of amides is 1. The first kappa shape index (κ1) is 101. The lowest BCUT2D eigenvalue weighted by molar-refractivity contribution is -0.379. The second kappa shape index (κ2) is 70.4. The number of aliphatic hydroxyl groups is 11. The number of aliphatic hydroxyl groups excluding tert-OH is 11. The van der Waals surface area contributed by atoms with Crippen molar-refractivity contribution in [3.05, 3.63) is 122 Å². The fourth-order valence-electron chi connectivity index (χ4n) is 14.2. The summed E-state index contributed by atoms with van der Waals surface area (Å²) in [6.45, 7) is 1.65. The normalized spacial score (nSPS) is 25.6. The van der Waals surface area contributed by atoms with Gasteiger partial charge in [0.2, 0.25) is 5.91 Å². The van der Waals surface area contributed by atoms with E-state index >= 15 is 0 Å². The van der Waals surface area contributed by atoms with Crippen LogP contribution in [0.5, 0.6) is 0 Å². The number of unbranched alkanes of at least 4 members (excludes halogenated alkanes) is 36. The monoisotopic (exact) mass is 1570 g/mol. The summed E-state index contributed by atoms with van der Waals surface area (Å²) in [5.74, 6) is -0.280. The van der Waals surface area contributed by atoms with Crippen molar-refractivity contribution >= 4 is 5.91 Å². The first-order valence-corrected chi connectivity index (χ1v) is 44.3. The zero-order chi connectivity index (χ0) is 80.3. The van der Waals surface area contributed by atoms with Crippen LogP contribution >= 0.6 is 0 Å². The third-order valence-electron chi connectivity index (χ3n) is 21.3. The van der Waals surface area contributed by atoms with Crippen LogP contribution in [0.1, 0.15) is 322 Å². The Hall–Kier alpha value is -3.81. The van der Waals surface area contributed by atoms with Gasteiger partial charge in [0.15, 0.2) is 18.9 Å². The molecular weight excluding hydrogens is 1410 g/mol. The lowest BCUT2D eigenvalue weighted by Crippen LogP contribution is -2.66. The highest BCUT2D eigenvalue weighted by Gasteiger charge is 2.54. The number of carbonyl (C=O) groups excluding carboxylic acids is 1. The number of allylic oxidation sites excluding steroid dienone is 19. The highest BCUT2D eigenvalue weighted by Crippen LogP contribution is 2.33. The molecule has 1 amide bonds. The molecule has 3 aliphatic rings. The molecule has 0 saturated carbocycles. The maximum Gasteiger partial charge on any atom is 0.220 e. The van der Waals surface area contributed by atoms with Crippen molar-refractivity contribution in [1.29, 1.82) is 0 Å². The van der Waals surface area contributed by atoms with Crippen LogP contribution < -0.4 is 5.32 Å². The van der Waals surface area contributed by atoms with Gasteiger partial charge in [-0.1, -0.05) is 347 Å². The molecule has 0 spiro atoms. The molecule has 0 aromatic carbocycles. The van der Waals surface area contributed by atoms with E-state index in [0.717, 1.165) is 116 Å². The Balaban J connectivity index is 1.34. The third kappa shape index (κ3) is 49.1. The van der Waals surface area contributed by atoms with Gasteiger partial charge in [-0.2, -0.15) is 0 Å². The van der Waals surface area contributed by atoms with Crippen molar-refractivity contribution in [2.24, 2.45) is 0 Å². The topological polar surface area (TPSA) is 307 Å². The van der Waals surface area contributed by atoms with E-state index in [-0.39, 0.29) is 18.9 Å². The maximum atomic E-state index is 13.5. The zero-order valence-electron chi connectivity index (χ0n) is 68.9. The fraction of sp³-hybridized carbons (Fsp3) is 0.772. The Morgan fingerprint density at radius 3 is 0.973 bits per heavy atom. The fourth-order valence-corrected chi connectivity index (χ4v) is 14.2. The summed E-state index contributed by atoms with van der Waals surface area (Å²) in [4.78, 5) is 13.5. The molecular formula is C92H159NO18. The predicted molar refractivity (Wildman–Crippen MR) is 447 cm³/mol. The number of hydrogen-bond donors (Lipinski definition) is 12. The molecule has 17 atom stereocenters. The predicted octanol–water partition coefficient (Wildman–Crippen LogP) is 16.6. The number of hydrogen-bond acceptors (Lipinski definition) is 18. The van der Waals surface area contributed by atoms with Crippen LogP contribution in [0.15, 0.2) is 122 Å². The Bertz CT molecular complexity index is 2480. The lowest BCUT2D eigenvalue weighted by Gasteiger charge is -2.48. The van der Waals surface area contributed by atoms with Crippen molar-refractivity contribution in [2.45, 2.75) is 426 Å². The Morgan fingerprint density at radius 1 is 0.333 bits per heavy atom. The second-order valence-corrected chi connectivity index (χ2v) is 31.0. The lowest BCUT2D eigenvalue weighted by atomic mass is 9.96. The van der Waals surface area contributed by atoms with Crippen LogP contribution in [0.3, 0.4) is 0 Å². The van der Waals surface area contributed by atoms with Gasteiger partial charge < -0.3 is 89.9 Å². The molecule has 0 aromatic rings. The zero-order valence-corrected chi connectivity index (χ0v) is 68.9. The van der Waals surface area contributed by atoms with Gasteiger partial charge in [0.1, 0.15) is 73.2 Å². The molecule has 640 valence electrons. The van der Waals surface area contributed by atoms with Crippen LogP contribution in [0.4, 0.5) is 0 Å². The molecule has 3 heterocycles. The van der Waals surface area contributed by atoms with E-state index in [1.165, 1.54) is 180 Å². The number of rotatable bonds is 70. The summed E-state index contributed by atoms with van der Waals surface area (Å²) in [5, 5.41) is 121. The summed E-state index contributed by atoms with van der Waals surface area (Å²) in [6.07, 6.45) is 73.3. The standard InChI is InChI=1S/C92H159NO18/c1-3-5-7-9-11-13-15-17-19-21-23-25-27-29-31-32-33-34-35-36-37-38-39-40-41-42-44-46-48-50-52-54-56-58-60-62-64-66-68-70-80(98)93-75(76(97)69-67-65-63-61-59-57-55-53-51-49-47-45-43-30-28-26-24-22-20-18-16-14-12-10-8-6-4-2)74-106-90-86(104)83(101)88(78(72-95)108-90)111-92-87(105)84(102)89(79(73-96)109-92)110-91-85(103)82(100)81(99)77(71-94)107-91/h5,7,11,13,17,19,23,25,29,31,33-34,36-37,39-40,42,44,67,69,75-79,81-92,94-97,99-105H,3-4,6,8-10,12,14-16,18,20-22,24,26-28,30,32,35,38,41,43,45-66,68,70-74H2,1-2H3,(H,93,98)/b7-5-,13-11-,19-17-,25-23-,31-29-,34-33-,37-36-,40-39-,44-42-,69-67+. The number of nitrogens with one attached hydrogen (secondary N) is 1. The highest BCUT2D eigenvalue weighted by atomic mass is 16.8. The minimum Gasteiger partial charge on any atom is -0.394 e. The summed E-state index contributed by atoms with van der Waals surface area (Å²) >= 11 is 0. The first-order chi connectivity index (χ1) is 54.3. The molecule has 12 N–H and O–H groups in total. The van der Waals surface area contributed by atoms with E-state index < -0.39 is 124 Å². The molecule has 0 bridgehead atoms. The van der Waals surface area contributed by atoms with Crippen molar-refractivity contribution in [1.82, 2.24) is 5.32 Å². The minimum absolute atomic E-state index is 0.233. The minimum atomic E-state index is -1.98. The van der Waals surface area contributed by atoms with Gasteiger partial charge in [0.05, 0.1) is 38.6 Å². The summed E-state index contributed by atoms with van der Waals surface area (Å²) in [6, 6.07) is -0.985. The first-order valence-electron chi connectivity index (χ1n) is 44.3. The van der Waals surface area contributed by atoms with E-state index in [1.807, 2.05) is 6.08 Å². The van der Waals surface area contributed by atoms with Gasteiger partial charge in [-0.25, -0.2) is 0 Å². The van der Waals surface area contributed by atoms with E-state index in [1.54, 1.807) is 6.08 Å². The second-order valence-electron chi connectivity index (χ2n) is 31.0. The van der Waals surface area contributed by atoms with E-state index in [2.05, 4.69) is 129 Å².